The summed E-state index contributed by atoms with van der Waals surface area (Å²) < 4.78 is 12.0. The third-order valence-electron chi connectivity index (χ3n) is 3.25. The van der Waals surface area contributed by atoms with E-state index in [4.69, 9.17) is 0 Å². The van der Waals surface area contributed by atoms with Gasteiger partial charge in [-0.15, -0.1) is 0 Å². The molecular formula is C12H25NO2S. The Morgan fingerprint density at radius 3 is 2.88 bits per heavy atom. The second-order valence-corrected chi connectivity index (χ2v) is 6.66. The van der Waals surface area contributed by atoms with E-state index in [9.17, 15) is 9.32 Å². The molecule has 1 aliphatic carbocycles. The first-order valence-electron chi connectivity index (χ1n) is 6.39. The minimum Gasteiger partial charge on any atom is -0.391 e. The fourth-order valence-electron chi connectivity index (χ4n) is 2.31. The molecule has 0 amide bonds. The van der Waals surface area contributed by atoms with E-state index >= 15 is 0 Å². The lowest BCUT2D eigenvalue weighted by atomic mass is 9.91. The van der Waals surface area contributed by atoms with Crippen LogP contribution >= 0.6 is 0 Å². The summed E-state index contributed by atoms with van der Waals surface area (Å²) >= 11 is 0. The molecule has 4 heteroatoms. The topological polar surface area (TPSA) is 49.3 Å². The third kappa shape index (κ3) is 4.93. The van der Waals surface area contributed by atoms with Gasteiger partial charge in [-0.2, -0.15) is 0 Å². The van der Waals surface area contributed by atoms with Crippen molar-refractivity contribution in [3.8, 4) is 0 Å². The number of rotatable bonds is 6. The van der Waals surface area contributed by atoms with Crippen molar-refractivity contribution in [2.75, 3.05) is 18.8 Å². The Morgan fingerprint density at radius 2 is 2.25 bits per heavy atom. The van der Waals surface area contributed by atoms with Crippen LogP contribution in [0.1, 0.15) is 39.5 Å². The molecule has 0 aromatic rings. The van der Waals surface area contributed by atoms with Crippen LogP contribution in [0.15, 0.2) is 0 Å². The third-order valence-corrected chi connectivity index (χ3v) is 5.13. The fourth-order valence-corrected chi connectivity index (χ4v) is 4.05. The average molecular weight is 247 g/mol. The summed E-state index contributed by atoms with van der Waals surface area (Å²) in [7, 11) is -0.851. The number of nitrogens with one attached hydrogen (secondary N) is 1. The Morgan fingerprint density at radius 1 is 1.50 bits per heavy atom. The summed E-state index contributed by atoms with van der Waals surface area (Å²) in [6.45, 7) is 5.65. The van der Waals surface area contributed by atoms with Crippen LogP contribution in [0.4, 0.5) is 0 Å². The van der Waals surface area contributed by atoms with Crippen LogP contribution in [-0.2, 0) is 10.8 Å². The van der Waals surface area contributed by atoms with Gasteiger partial charge in [0.05, 0.1) is 11.9 Å². The molecular weight excluding hydrogens is 222 g/mol. The maximum absolute atomic E-state index is 12.0. The molecule has 1 aliphatic rings. The zero-order chi connectivity index (χ0) is 12.0. The van der Waals surface area contributed by atoms with E-state index in [0.717, 1.165) is 19.4 Å². The van der Waals surface area contributed by atoms with Gasteiger partial charge in [0.2, 0.25) is 0 Å². The quantitative estimate of drug-likeness (QED) is 0.743. The molecule has 2 N–H and O–H groups in total. The minimum atomic E-state index is -0.851. The van der Waals surface area contributed by atoms with E-state index in [0.29, 0.717) is 23.5 Å². The average Bonchev–Trinajstić information content (AvgIpc) is 2.26. The Labute approximate surface area is 101 Å². The van der Waals surface area contributed by atoms with Crippen molar-refractivity contribution in [1.29, 1.82) is 0 Å². The van der Waals surface area contributed by atoms with E-state index in [1.807, 2.05) is 6.92 Å². The normalized spacial score (nSPS) is 29.9. The van der Waals surface area contributed by atoms with Crippen LogP contribution in [0.3, 0.4) is 0 Å². The summed E-state index contributed by atoms with van der Waals surface area (Å²) in [6, 6.07) is 0. The van der Waals surface area contributed by atoms with E-state index in [2.05, 4.69) is 12.2 Å². The number of likely N-dealkylation sites (N-methyl/N-ethyl adjacent to an activating group) is 1. The Hall–Kier alpha value is 0.0700. The molecule has 0 bridgehead atoms. The zero-order valence-electron chi connectivity index (χ0n) is 10.4. The summed E-state index contributed by atoms with van der Waals surface area (Å²) in [6.07, 6.45) is 4.15. The number of hydrogen-bond donors (Lipinski definition) is 2. The first-order valence-corrected chi connectivity index (χ1v) is 7.77. The molecule has 96 valence electrons. The van der Waals surface area contributed by atoms with Gasteiger partial charge in [0, 0.05) is 22.6 Å². The van der Waals surface area contributed by atoms with Crippen molar-refractivity contribution in [2.24, 2.45) is 5.92 Å². The second kappa shape index (κ2) is 7.41. The van der Waals surface area contributed by atoms with Crippen molar-refractivity contribution in [1.82, 2.24) is 5.32 Å². The van der Waals surface area contributed by atoms with Crippen molar-refractivity contribution < 1.29 is 9.32 Å². The molecule has 4 atom stereocenters. The van der Waals surface area contributed by atoms with Gasteiger partial charge in [0.15, 0.2) is 0 Å². The number of hydrogen-bond acceptors (Lipinski definition) is 3. The van der Waals surface area contributed by atoms with Crippen molar-refractivity contribution >= 4 is 10.8 Å². The highest BCUT2D eigenvalue weighted by atomic mass is 32.2. The molecule has 4 unspecified atom stereocenters. The molecule has 0 aromatic heterocycles. The lowest BCUT2D eigenvalue weighted by molar-refractivity contribution is 0.195. The van der Waals surface area contributed by atoms with Gasteiger partial charge in [-0.25, -0.2) is 0 Å². The van der Waals surface area contributed by atoms with Gasteiger partial charge in [-0.3, -0.25) is 4.21 Å². The monoisotopic (exact) mass is 247 g/mol. The summed E-state index contributed by atoms with van der Waals surface area (Å²) in [5.74, 6) is 1.14. The number of aliphatic hydroxyl groups excluding tert-OH is 1. The predicted octanol–water partition coefficient (Wildman–Crippen LogP) is 1.28. The minimum absolute atomic E-state index is 0.319. The molecule has 0 aliphatic heterocycles. The molecule has 0 spiro atoms. The lowest BCUT2D eigenvalue weighted by Gasteiger charge is -2.26. The Kier molecular flexibility index (Phi) is 6.54. The van der Waals surface area contributed by atoms with Crippen LogP contribution in [-0.4, -0.2) is 39.5 Å². The molecule has 0 heterocycles. The largest absolute Gasteiger partial charge is 0.391 e. The van der Waals surface area contributed by atoms with Crippen molar-refractivity contribution in [3.63, 3.8) is 0 Å². The highest BCUT2D eigenvalue weighted by Gasteiger charge is 2.25. The highest BCUT2D eigenvalue weighted by molar-refractivity contribution is 7.85. The second-order valence-electron chi connectivity index (χ2n) is 4.90. The van der Waals surface area contributed by atoms with E-state index in [1.165, 1.54) is 12.8 Å². The summed E-state index contributed by atoms with van der Waals surface area (Å²) in [5.41, 5.74) is 0. The molecule has 3 nitrogen and oxygen atoms in total. The van der Waals surface area contributed by atoms with Crippen molar-refractivity contribution in [3.05, 3.63) is 0 Å². The molecule has 1 saturated carbocycles. The maximum Gasteiger partial charge on any atom is 0.0779 e. The number of aliphatic hydroxyl groups is 1. The standard InChI is InChI=1S/C12H25NO2S/c1-3-13-8-11(14)9-16(15)12-6-4-5-10(2)7-12/h10-14H,3-9H2,1-2H3. The first-order chi connectivity index (χ1) is 7.63. The van der Waals surface area contributed by atoms with Gasteiger partial charge in [0.25, 0.3) is 0 Å². The molecule has 16 heavy (non-hydrogen) atoms. The van der Waals surface area contributed by atoms with Gasteiger partial charge in [-0.1, -0.05) is 26.7 Å². The SMILES string of the molecule is CCNCC(O)CS(=O)C1CCCC(C)C1. The predicted molar refractivity (Wildman–Crippen MR) is 69.0 cm³/mol. The van der Waals surface area contributed by atoms with Gasteiger partial charge in [0.1, 0.15) is 0 Å². The van der Waals surface area contributed by atoms with Crippen molar-refractivity contribution in [2.45, 2.75) is 50.9 Å². The van der Waals surface area contributed by atoms with Crippen LogP contribution < -0.4 is 5.32 Å². The zero-order valence-corrected chi connectivity index (χ0v) is 11.3. The summed E-state index contributed by atoms with van der Waals surface area (Å²) in [4.78, 5) is 0. The van der Waals surface area contributed by atoms with Crippen LogP contribution in [0.5, 0.6) is 0 Å². The van der Waals surface area contributed by atoms with E-state index < -0.39 is 16.9 Å². The summed E-state index contributed by atoms with van der Waals surface area (Å²) in [5, 5.41) is 13.1. The molecule has 0 aromatic carbocycles. The van der Waals surface area contributed by atoms with Crippen LogP contribution in [0.25, 0.3) is 0 Å². The maximum atomic E-state index is 12.0. The Balaban J connectivity index is 2.27. The van der Waals surface area contributed by atoms with Crippen LogP contribution in [0, 0.1) is 5.92 Å². The molecule has 1 rings (SSSR count). The highest BCUT2D eigenvalue weighted by Crippen LogP contribution is 2.27. The smallest absolute Gasteiger partial charge is 0.0779 e. The van der Waals surface area contributed by atoms with E-state index in [1.54, 1.807) is 0 Å². The Bertz CT molecular complexity index is 223. The molecule has 0 saturated heterocycles. The molecule has 1 fully saturated rings. The van der Waals surface area contributed by atoms with E-state index in [-0.39, 0.29) is 0 Å². The first kappa shape index (κ1) is 14.1. The lowest BCUT2D eigenvalue weighted by Crippen LogP contribution is -2.34. The fraction of sp³-hybridized carbons (Fsp3) is 1.00. The van der Waals surface area contributed by atoms with Gasteiger partial charge in [-0.05, 0) is 25.3 Å². The van der Waals surface area contributed by atoms with Crippen LogP contribution in [0.2, 0.25) is 0 Å². The molecule has 0 radical (unpaired) electrons. The van der Waals surface area contributed by atoms with Gasteiger partial charge < -0.3 is 10.4 Å². The van der Waals surface area contributed by atoms with Gasteiger partial charge >= 0.3 is 0 Å².